The second-order valence-corrected chi connectivity index (χ2v) is 2.42. The molecular formula is C5H2F10O4. The van der Waals surface area contributed by atoms with Gasteiger partial charge in [0.15, 0.2) is 0 Å². The monoisotopic (exact) mass is 316 g/mol. The summed E-state index contributed by atoms with van der Waals surface area (Å²) in [6, 6.07) is 0. The largest absolute Gasteiger partial charge is 0.527 e. The van der Waals surface area contributed by atoms with Crippen LogP contribution in [0.2, 0.25) is 0 Å². The molecule has 0 saturated heterocycles. The van der Waals surface area contributed by atoms with Gasteiger partial charge >= 0.3 is 31.7 Å². The normalized spacial score (nSPS) is 17.1. The van der Waals surface area contributed by atoms with E-state index < -0.39 is 31.7 Å². The van der Waals surface area contributed by atoms with Crippen LogP contribution in [-0.2, 0) is 19.2 Å². The van der Waals surface area contributed by atoms with E-state index in [-0.39, 0.29) is 0 Å². The first-order valence-electron chi connectivity index (χ1n) is 3.71. The van der Waals surface area contributed by atoms with Gasteiger partial charge in [-0.25, -0.2) is 4.74 Å². The highest BCUT2D eigenvalue weighted by Crippen LogP contribution is 2.42. The Morgan fingerprint density at radius 1 is 0.737 bits per heavy atom. The molecule has 116 valence electrons. The number of rotatable bonds is 6. The van der Waals surface area contributed by atoms with Crippen molar-refractivity contribution in [3.8, 4) is 0 Å². The van der Waals surface area contributed by atoms with Crippen molar-refractivity contribution in [3.63, 3.8) is 0 Å². The molecule has 0 aromatic rings. The van der Waals surface area contributed by atoms with E-state index in [1.54, 1.807) is 0 Å². The molecule has 0 aromatic carbocycles. The summed E-state index contributed by atoms with van der Waals surface area (Å²) < 4.78 is 122. The lowest BCUT2D eigenvalue weighted by atomic mass is 10.5. The molecule has 19 heavy (non-hydrogen) atoms. The molecule has 0 rings (SSSR count). The first kappa shape index (κ1) is 18.1. The van der Waals surface area contributed by atoms with Gasteiger partial charge in [-0.05, 0) is 0 Å². The smallest absolute Gasteiger partial charge is 0.256 e. The van der Waals surface area contributed by atoms with Gasteiger partial charge in [0.05, 0.1) is 0 Å². The van der Waals surface area contributed by atoms with Gasteiger partial charge in [-0.1, -0.05) is 0 Å². The van der Waals surface area contributed by atoms with E-state index in [0.29, 0.717) is 0 Å². The molecule has 0 aliphatic carbocycles. The Kier molecular flexibility index (Phi) is 5.79. The van der Waals surface area contributed by atoms with Crippen LogP contribution in [0.5, 0.6) is 0 Å². The summed E-state index contributed by atoms with van der Waals surface area (Å²) in [6.07, 6.45) is -12.6. The Labute approximate surface area is 96.2 Å². The summed E-state index contributed by atoms with van der Waals surface area (Å²) in [5.74, 6) is -5.60. The van der Waals surface area contributed by atoms with Crippen molar-refractivity contribution in [2.45, 2.75) is 31.7 Å². The fourth-order valence-corrected chi connectivity index (χ4v) is 0.602. The molecule has 0 fully saturated rings. The Balaban J connectivity index is 5.33. The van der Waals surface area contributed by atoms with Crippen molar-refractivity contribution in [2.75, 3.05) is 0 Å². The van der Waals surface area contributed by atoms with Crippen LogP contribution < -0.4 is 0 Å². The minimum absolute atomic E-state index is 2.14. The van der Waals surface area contributed by atoms with Crippen LogP contribution in [0.25, 0.3) is 0 Å². The van der Waals surface area contributed by atoms with Crippen LogP contribution in [0.4, 0.5) is 43.9 Å². The Morgan fingerprint density at radius 2 is 1.21 bits per heavy atom. The van der Waals surface area contributed by atoms with Crippen molar-refractivity contribution in [1.29, 1.82) is 0 Å². The highest BCUT2D eigenvalue weighted by atomic mass is 19.4. The van der Waals surface area contributed by atoms with Crippen LogP contribution >= 0.6 is 0 Å². The fourth-order valence-electron chi connectivity index (χ4n) is 0.602. The van der Waals surface area contributed by atoms with Gasteiger partial charge in [-0.2, -0.15) is 40.5 Å². The number of halogens is 10. The Bertz CT molecular complexity index is 274. The second-order valence-electron chi connectivity index (χ2n) is 2.42. The van der Waals surface area contributed by atoms with E-state index in [9.17, 15) is 43.9 Å². The highest BCUT2D eigenvalue weighted by Gasteiger charge is 2.68. The van der Waals surface area contributed by atoms with E-state index in [1.165, 1.54) is 0 Å². The summed E-state index contributed by atoms with van der Waals surface area (Å²) in [5.41, 5.74) is 0. The van der Waals surface area contributed by atoms with Gasteiger partial charge in [-0.15, -0.1) is 13.2 Å². The molecule has 0 saturated carbocycles. The molecule has 0 spiro atoms. The molecule has 0 N–H and O–H groups in total. The number of hydrogen-bond donors (Lipinski definition) is 0. The van der Waals surface area contributed by atoms with E-state index >= 15 is 0 Å². The van der Waals surface area contributed by atoms with Crippen LogP contribution in [0.3, 0.4) is 0 Å². The van der Waals surface area contributed by atoms with Gasteiger partial charge in [0.2, 0.25) is 0 Å². The zero-order chi connectivity index (χ0) is 15.5. The summed E-state index contributed by atoms with van der Waals surface area (Å²) in [5, 5.41) is 0. The van der Waals surface area contributed by atoms with Gasteiger partial charge in [0.1, 0.15) is 0 Å². The lowest BCUT2D eigenvalue weighted by molar-refractivity contribution is -0.634. The first-order valence-corrected chi connectivity index (χ1v) is 3.71. The molecule has 0 bridgehead atoms. The fraction of sp³-hybridized carbons (Fsp3) is 1.00. The van der Waals surface area contributed by atoms with Crippen LogP contribution in [0.1, 0.15) is 0 Å². The zero-order valence-corrected chi connectivity index (χ0v) is 8.07. The summed E-state index contributed by atoms with van der Waals surface area (Å²) >= 11 is 0. The van der Waals surface area contributed by atoms with E-state index in [4.69, 9.17) is 0 Å². The van der Waals surface area contributed by atoms with Gasteiger partial charge in [-0.3, -0.25) is 4.74 Å². The maximum absolute atomic E-state index is 12.2. The standard InChI is InChI=1S/C5H2F10O4/c6-1(7)16-4(3(10,11)12,18-5(13,14)15)19-17-2(8)9/h1-2H. The van der Waals surface area contributed by atoms with E-state index in [2.05, 4.69) is 19.2 Å². The van der Waals surface area contributed by atoms with Crippen molar-refractivity contribution < 1.29 is 63.2 Å². The Hall–Kier alpha value is -0.860. The van der Waals surface area contributed by atoms with Crippen molar-refractivity contribution >= 4 is 0 Å². The molecular weight excluding hydrogens is 314 g/mol. The first-order chi connectivity index (χ1) is 8.29. The summed E-state index contributed by atoms with van der Waals surface area (Å²) in [7, 11) is 0. The molecule has 0 radical (unpaired) electrons. The van der Waals surface area contributed by atoms with Crippen LogP contribution in [-0.4, -0.2) is 31.7 Å². The van der Waals surface area contributed by atoms with Gasteiger partial charge < -0.3 is 0 Å². The van der Waals surface area contributed by atoms with Crippen LogP contribution in [0, 0.1) is 0 Å². The van der Waals surface area contributed by atoms with Crippen LogP contribution in [0.15, 0.2) is 0 Å². The lowest BCUT2D eigenvalue weighted by Gasteiger charge is -2.32. The third-order valence-corrected chi connectivity index (χ3v) is 1.07. The predicted molar refractivity (Wildman–Crippen MR) is 31.2 cm³/mol. The van der Waals surface area contributed by atoms with Gasteiger partial charge in [0, 0.05) is 0 Å². The minimum Gasteiger partial charge on any atom is -0.256 e. The molecule has 0 amide bonds. The minimum atomic E-state index is -6.44. The van der Waals surface area contributed by atoms with Crippen molar-refractivity contribution in [1.82, 2.24) is 0 Å². The topological polar surface area (TPSA) is 36.9 Å². The summed E-state index contributed by atoms with van der Waals surface area (Å²) in [4.78, 5) is 4.97. The number of alkyl halides is 10. The van der Waals surface area contributed by atoms with Gasteiger partial charge in [0.25, 0.3) is 0 Å². The number of ether oxygens (including phenoxy) is 2. The molecule has 4 nitrogen and oxygen atoms in total. The quantitative estimate of drug-likeness (QED) is 0.326. The molecule has 0 aliphatic heterocycles. The van der Waals surface area contributed by atoms with Crippen molar-refractivity contribution in [3.05, 3.63) is 0 Å². The third-order valence-electron chi connectivity index (χ3n) is 1.07. The average Bonchev–Trinajstić information content (AvgIpc) is 2.08. The highest BCUT2D eigenvalue weighted by molar-refractivity contribution is 4.68. The Morgan fingerprint density at radius 3 is 1.47 bits per heavy atom. The second kappa shape index (κ2) is 6.06. The zero-order valence-electron chi connectivity index (χ0n) is 8.07. The van der Waals surface area contributed by atoms with Crippen molar-refractivity contribution in [2.24, 2.45) is 0 Å². The number of hydrogen-bond acceptors (Lipinski definition) is 4. The van der Waals surface area contributed by atoms with E-state index in [1.807, 2.05) is 0 Å². The van der Waals surface area contributed by atoms with E-state index in [0.717, 1.165) is 0 Å². The molecule has 0 heterocycles. The molecule has 1 unspecified atom stereocenters. The maximum Gasteiger partial charge on any atom is 0.527 e. The molecule has 0 aliphatic rings. The maximum atomic E-state index is 12.2. The molecule has 14 heteroatoms. The summed E-state index contributed by atoms with van der Waals surface area (Å²) in [6.45, 7) is -8.69. The lowest BCUT2D eigenvalue weighted by Crippen LogP contribution is -2.56. The predicted octanol–water partition coefficient (Wildman–Crippen LogP) is 3.15. The molecule has 1 atom stereocenters. The SMILES string of the molecule is FC(F)OOC(OC(F)F)(OC(F)(F)F)C(F)(F)F. The third kappa shape index (κ3) is 6.22. The molecule has 0 aromatic heterocycles. The average molecular weight is 316 g/mol.